The molecule has 0 aliphatic carbocycles. The molecule has 0 saturated heterocycles. The first-order valence-corrected chi connectivity index (χ1v) is 9.23. The van der Waals surface area contributed by atoms with Gasteiger partial charge in [0.15, 0.2) is 5.78 Å². The number of carbonyl (C=O) groups excluding carboxylic acids is 1. The quantitative estimate of drug-likeness (QED) is 0.177. The van der Waals surface area contributed by atoms with E-state index in [2.05, 4.69) is 20.8 Å². The molecule has 0 aromatic heterocycles. The third-order valence-electron chi connectivity index (χ3n) is 3.28. The van der Waals surface area contributed by atoms with Crippen molar-refractivity contribution in [1.29, 1.82) is 0 Å². The zero-order valence-electron chi connectivity index (χ0n) is 16.2. The van der Waals surface area contributed by atoms with E-state index in [4.69, 9.17) is 18.9 Å². The van der Waals surface area contributed by atoms with Crippen LogP contribution in [0, 0.1) is 0 Å². The van der Waals surface area contributed by atoms with Crippen LogP contribution in [0.15, 0.2) is 11.8 Å². The maximum atomic E-state index is 11.3. The van der Waals surface area contributed by atoms with Crippen molar-refractivity contribution in [2.45, 2.75) is 79.1 Å². The molecule has 142 valence electrons. The van der Waals surface area contributed by atoms with E-state index in [1.54, 1.807) is 6.92 Å². The Morgan fingerprint density at radius 2 is 1.38 bits per heavy atom. The molecule has 0 amide bonds. The molecule has 0 saturated carbocycles. The summed E-state index contributed by atoms with van der Waals surface area (Å²) in [5, 5.41) is 0. The lowest BCUT2D eigenvalue weighted by atomic mass is 10.3. The average molecular weight is 344 g/mol. The molecule has 0 unspecified atom stereocenters. The zero-order valence-corrected chi connectivity index (χ0v) is 16.2. The molecule has 0 aromatic carbocycles. The zero-order chi connectivity index (χ0) is 18.3. The van der Waals surface area contributed by atoms with Crippen molar-refractivity contribution in [3.05, 3.63) is 11.8 Å². The second-order valence-electron chi connectivity index (χ2n) is 5.96. The third-order valence-corrected chi connectivity index (χ3v) is 3.28. The van der Waals surface area contributed by atoms with Gasteiger partial charge in [-0.3, -0.25) is 4.79 Å². The minimum Gasteiger partial charge on any atom is -0.442 e. The molecule has 0 aliphatic heterocycles. The van der Waals surface area contributed by atoms with Gasteiger partial charge in [0.25, 0.3) is 0 Å². The molecule has 5 nitrogen and oxygen atoms in total. The highest BCUT2D eigenvalue weighted by molar-refractivity contribution is 5.87. The largest absolute Gasteiger partial charge is 0.442 e. The van der Waals surface area contributed by atoms with E-state index in [1.165, 1.54) is 13.0 Å². The van der Waals surface area contributed by atoms with Crippen LogP contribution >= 0.6 is 0 Å². The van der Waals surface area contributed by atoms with Gasteiger partial charge in [-0.2, -0.15) is 0 Å². The van der Waals surface area contributed by atoms with Crippen LogP contribution in [0.3, 0.4) is 0 Å². The first-order valence-electron chi connectivity index (χ1n) is 9.23. The van der Waals surface area contributed by atoms with Crippen molar-refractivity contribution < 1.29 is 23.7 Å². The Hall–Kier alpha value is -0.910. The second-order valence-corrected chi connectivity index (χ2v) is 5.96. The molecule has 24 heavy (non-hydrogen) atoms. The fraction of sp³-hybridized carbons (Fsp3) is 0.842. The Kier molecular flexibility index (Phi) is 13.9. The first-order chi connectivity index (χ1) is 11.5. The molecule has 0 rings (SSSR count). The summed E-state index contributed by atoms with van der Waals surface area (Å²) in [5.74, 6) is -0.890. The van der Waals surface area contributed by atoms with E-state index < -0.39 is 5.97 Å². The molecule has 0 spiro atoms. The first kappa shape index (κ1) is 23.1. The van der Waals surface area contributed by atoms with Crippen LogP contribution in [0.5, 0.6) is 0 Å². The van der Waals surface area contributed by atoms with Crippen LogP contribution in [-0.2, 0) is 23.7 Å². The summed E-state index contributed by atoms with van der Waals surface area (Å²) in [6.45, 7) is 11.4. The molecule has 0 N–H and O–H groups in total. The van der Waals surface area contributed by atoms with Crippen molar-refractivity contribution in [3.63, 3.8) is 0 Å². The molecular weight excluding hydrogens is 308 g/mol. The molecule has 5 heteroatoms. The summed E-state index contributed by atoms with van der Waals surface area (Å²) in [4.78, 5) is 11.3. The van der Waals surface area contributed by atoms with Crippen molar-refractivity contribution in [3.8, 4) is 0 Å². The molecule has 0 aliphatic rings. The fourth-order valence-corrected chi connectivity index (χ4v) is 1.96. The van der Waals surface area contributed by atoms with Crippen molar-refractivity contribution in [2.75, 3.05) is 26.4 Å². The van der Waals surface area contributed by atoms with E-state index >= 15 is 0 Å². The Bertz CT molecular complexity index is 342. The average Bonchev–Trinajstić information content (AvgIpc) is 2.51. The van der Waals surface area contributed by atoms with Gasteiger partial charge in [0.2, 0.25) is 0 Å². The Labute approximate surface area is 147 Å². The lowest BCUT2D eigenvalue weighted by molar-refractivity contribution is -0.382. The van der Waals surface area contributed by atoms with E-state index in [1.807, 2.05) is 0 Å². The highest BCUT2D eigenvalue weighted by Gasteiger charge is 2.36. The minimum absolute atomic E-state index is 0.0737. The van der Waals surface area contributed by atoms with Gasteiger partial charge in [-0.25, -0.2) is 0 Å². The molecule has 0 fully saturated rings. The van der Waals surface area contributed by atoms with E-state index in [0.717, 1.165) is 38.5 Å². The maximum absolute atomic E-state index is 11.3. The summed E-state index contributed by atoms with van der Waals surface area (Å²) in [6.07, 6.45) is 7.33. The van der Waals surface area contributed by atoms with Gasteiger partial charge in [0.05, 0.1) is 13.2 Å². The SMILES string of the molecule is CCCCOCC(OCCCC)(OCCCC)O/C(C)=C/C(C)=O. The molecule has 0 aromatic rings. The summed E-state index contributed by atoms with van der Waals surface area (Å²) in [5.41, 5.74) is 0. The van der Waals surface area contributed by atoms with E-state index in [9.17, 15) is 4.79 Å². The maximum Gasteiger partial charge on any atom is 0.351 e. The van der Waals surface area contributed by atoms with Gasteiger partial charge in [0.1, 0.15) is 12.4 Å². The van der Waals surface area contributed by atoms with Crippen LogP contribution in [0.1, 0.15) is 73.1 Å². The van der Waals surface area contributed by atoms with E-state index in [0.29, 0.717) is 25.6 Å². The number of hydrogen-bond donors (Lipinski definition) is 0. The van der Waals surface area contributed by atoms with Crippen molar-refractivity contribution in [2.24, 2.45) is 0 Å². The molecule has 0 radical (unpaired) electrons. The van der Waals surface area contributed by atoms with Gasteiger partial charge >= 0.3 is 5.97 Å². The highest BCUT2D eigenvalue weighted by Crippen LogP contribution is 2.22. The number of hydrogen-bond acceptors (Lipinski definition) is 5. The summed E-state index contributed by atoms with van der Waals surface area (Å²) >= 11 is 0. The van der Waals surface area contributed by atoms with Crippen molar-refractivity contribution >= 4 is 5.78 Å². The normalized spacial score (nSPS) is 12.5. The summed E-state index contributed by atoms with van der Waals surface area (Å²) < 4.78 is 23.5. The number of unbranched alkanes of at least 4 members (excludes halogenated alkanes) is 3. The lowest BCUT2D eigenvalue weighted by Crippen LogP contribution is -2.44. The third kappa shape index (κ3) is 11.6. The summed E-state index contributed by atoms with van der Waals surface area (Å²) in [6, 6.07) is 0. The number of rotatable bonds is 16. The second kappa shape index (κ2) is 14.4. The van der Waals surface area contributed by atoms with Crippen LogP contribution in [0.2, 0.25) is 0 Å². The van der Waals surface area contributed by atoms with Gasteiger partial charge in [0, 0.05) is 12.7 Å². The van der Waals surface area contributed by atoms with Gasteiger partial charge in [-0.05, 0) is 33.1 Å². The standard InChI is InChI=1S/C19H36O5/c1-6-9-12-21-16-19(22-13-10-7-2,23-14-11-8-3)24-18(5)15-17(4)20/h15H,6-14,16H2,1-5H3/b18-15+. The van der Waals surface area contributed by atoms with E-state index in [-0.39, 0.29) is 12.4 Å². The lowest BCUT2D eigenvalue weighted by Gasteiger charge is -2.33. The predicted molar refractivity (Wildman–Crippen MR) is 95.7 cm³/mol. The predicted octanol–water partition coefficient (Wildman–Crippen LogP) is 4.60. The molecule has 0 atom stereocenters. The minimum atomic E-state index is -1.28. The van der Waals surface area contributed by atoms with Gasteiger partial charge < -0.3 is 18.9 Å². The Balaban J connectivity index is 5.02. The van der Waals surface area contributed by atoms with Crippen LogP contribution in [-0.4, -0.2) is 38.2 Å². The molecule has 0 bridgehead atoms. The number of allylic oxidation sites excluding steroid dienone is 2. The monoisotopic (exact) mass is 344 g/mol. The van der Waals surface area contributed by atoms with Crippen molar-refractivity contribution in [1.82, 2.24) is 0 Å². The Morgan fingerprint density at radius 3 is 1.83 bits per heavy atom. The van der Waals surface area contributed by atoms with Crippen LogP contribution in [0.4, 0.5) is 0 Å². The number of carbonyl (C=O) groups is 1. The van der Waals surface area contributed by atoms with Crippen LogP contribution < -0.4 is 0 Å². The number of ether oxygens (including phenoxy) is 4. The summed E-state index contributed by atoms with van der Waals surface area (Å²) in [7, 11) is 0. The number of ketones is 1. The van der Waals surface area contributed by atoms with Gasteiger partial charge in [-0.15, -0.1) is 0 Å². The molecule has 0 heterocycles. The van der Waals surface area contributed by atoms with Crippen LogP contribution in [0.25, 0.3) is 0 Å². The molecular formula is C19H36O5. The highest BCUT2D eigenvalue weighted by atomic mass is 16.9. The smallest absolute Gasteiger partial charge is 0.351 e. The Morgan fingerprint density at radius 1 is 0.875 bits per heavy atom. The fourth-order valence-electron chi connectivity index (χ4n) is 1.96. The van der Waals surface area contributed by atoms with Gasteiger partial charge in [-0.1, -0.05) is 40.0 Å². The topological polar surface area (TPSA) is 54.0 Å².